The topological polar surface area (TPSA) is 140 Å². The molecule has 2 atom stereocenters. The molecule has 4 aromatic carbocycles. The first-order valence-corrected chi connectivity index (χ1v) is 15.5. The van der Waals surface area contributed by atoms with Crippen LogP contribution in [-0.2, 0) is 37.3 Å². The normalized spacial score (nSPS) is 12.3. The van der Waals surface area contributed by atoms with E-state index in [0.717, 1.165) is 28.0 Å². The van der Waals surface area contributed by atoms with Gasteiger partial charge in [0.15, 0.2) is 0 Å². The molecule has 0 bridgehead atoms. The van der Waals surface area contributed by atoms with Crippen LogP contribution in [0.2, 0.25) is 0 Å². The maximum absolute atomic E-state index is 12.7. The summed E-state index contributed by atoms with van der Waals surface area (Å²) in [6.07, 6.45) is 0.163. The van der Waals surface area contributed by atoms with Gasteiger partial charge in [0.1, 0.15) is 11.5 Å². The maximum atomic E-state index is 12.7. The molecule has 0 radical (unpaired) electrons. The van der Waals surface area contributed by atoms with Gasteiger partial charge in [-0.3, -0.25) is 9.59 Å². The van der Waals surface area contributed by atoms with Crippen molar-refractivity contribution in [2.75, 3.05) is 13.2 Å². The number of aliphatic hydroxyl groups excluding tert-OH is 2. The summed E-state index contributed by atoms with van der Waals surface area (Å²) in [5.41, 5.74) is 5.31. The number of amides is 2. The predicted octanol–water partition coefficient (Wildman–Crippen LogP) is 4.33. The first kappa shape index (κ1) is 34.2. The number of rotatable bonds is 16. The van der Waals surface area contributed by atoms with Crippen molar-refractivity contribution in [1.29, 1.82) is 0 Å². The van der Waals surface area contributed by atoms with Gasteiger partial charge in [0.25, 0.3) is 5.91 Å². The predicted molar refractivity (Wildman–Crippen MR) is 177 cm³/mol. The second kappa shape index (κ2) is 17.1. The van der Waals surface area contributed by atoms with E-state index in [1.807, 2.05) is 74.5 Å². The summed E-state index contributed by atoms with van der Waals surface area (Å²) in [4.78, 5) is 25.4. The number of phenols is 1. The molecule has 0 aliphatic heterocycles. The van der Waals surface area contributed by atoms with E-state index >= 15 is 0 Å². The second-order valence-electron chi connectivity index (χ2n) is 11.3. The van der Waals surface area contributed by atoms with Crippen LogP contribution in [0.15, 0.2) is 91.0 Å². The van der Waals surface area contributed by atoms with Gasteiger partial charge in [-0.15, -0.1) is 0 Å². The summed E-state index contributed by atoms with van der Waals surface area (Å²) in [5.74, 6) is 0.474. The molecule has 4 rings (SSSR count). The van der Waals surface area contributed by atoms with Gasteiger partial charge in [0, 0.05) is 42.4 Å². The summed E-state index contributed by atoms with van der Waals surface area (Å²) in [5, 5.41) is 38.9. The number of para-hydroxylation sites is 1. The number of carbonyl (C=O) groups excluding carboxylic acids is 2. The van der Waals surface area contributed by atoms with Crippen molar-refractivity contribution in [3.05, 3.63) is 130 Å². The van der Waals surface area contributed by atoms with E-state index in [2.05, 4.69) is 16.0 Å². The number of aromatic hydroxyl groups is 1. The minimum absolute atomic E-state index is 0.000565. The van der Waals surface area contributed by atoms with Gasteiger partial charge in [-0.2, -0.15) is 0 Å². The second-order valence-corrected chi connectivity index (χ2v) is 11.3. The Kier molecular flexibility index (Phi) is 12.7. The summed E-state index contributed by atoms with van der Waals surface area (Å²) in [6.45, 7) is 5.23. The number of nitrogens with one attached hydrogen (secondary N) is 3. The van der Waals surface area contributed by atoms with Crippen LogP contribution in [0.3, 0.4) is 0 Å². The Hall–Kier alpha value is -4.70. The highest BCUT2D eigenvalue weighted by Crippen LogP contribution is 2.22. The van der Waals surface area contributed by atoms with E-state index in [0.29, 0.717) is 49.4 Å². The Morgan fingerprint density at radius 3 is 2.35 bits per heavy atom. The van der Waals surface area contributed by atoms with E-state index in [1.54, 1.807) is 24.3 Å². The Morgan fingerprint density at radius 1 is 0.826 bits per heavy atom. The van der Waals surface area contributed by atoms with Crippen molar-refractivity contribution >= 4 is 11.8 Å². The van der Waals surface area contributed by atoms with Gasteiger partial charge in [-0.25, -0.2) is 0 Å². The molecule has 6 N–H and O–H groups in total. The van der Waals surface area contributed by atoms with Gasteiger partial charge in [0.2, 0.25) is 5.91 Å². The molecule has 0 saturated heterocycles. The summed E-state index contributed by atoms with van der Waals surface area (Å²) in [7, 11) is 0. The lowest BCUT2D eigenvalue weighted by atomic mass is 10.0. The van der Waals surface area contributed by atoms with Crippen LogP contribution in [-0.4, -0.2) is 46.3 Å². The fraction of sp³-hybridized carbons (Fsp3) is 0.297. The highest BCUT2D eigenvalue weighted by molar-refractivity contribution is 5.94. The lowest BCUT2D eigenvalue weighted by Crippen LogP contribution is -2.32. The molecule has 0 aliphatic carbocycles. The van der Waals surface area contributed by atoms with Crippen LogP contribution >= 0.6 is 0 Å². The van der Waals surface area contributed by atoms with Crippen LogP contribution in [0.25, 0.3) is 0 Å². The van der Waals surface area contributed by atoms with Crippen molar-refractivity contribution in [2.24, 2.45) is 0 Å². The van der Waals surface area contributed by atoms with Gasteiger partial charge >= 0.3 is 0 Å². The number of hydrogen-bond donors (Lipinski definition) is 6. The number of carbonyl (C=O) groups is 2. The zero-order valence-electron chi connectivity index (χ0n) is 26.3. The van der Waals surface area contributed by atoms with Crippen LogP contribution in [0.1, 0.15) is 63.7 Å². The molecule has 0 spiro atoms. The van der Waals surface area contributed by atoms with Gasteiger partial charge in [-0.05, 0) is 72.9 Å². The molecule has 4 aromatic rings. The third kappa shape index (κ3) is 10.2. The smallest absolute Gasteiger partial charge is 0.251 e. The number of ether oxygens (including phenoxy) is 1. The van der Waals surface area contributed by atoms with Crippen LogP contribution < -0.4 is 20.7 Å². The molecule has 9 heteroatoms. The zero-order chi connectivity index (χ0) is 32.9. The molecule has 242 valence electrons. The molecular formula is C37H43N3O6. The Balaban J connectivity index is 1.20. The number of hydrogen-bond acceptors (Lipinski definition) is 7. The Labute approximate surface area is 270 Å². The van der Waals surface area contributed by atoms with Crippen LogP contribution in [0.4, 0.5) is 0 Å². The van der Waals surface area contributed by atoms with Crippen molar-refractivity contribution in [1.82, 2.24) is 16.0 Å². The molecule has 46 heavy (non-hydrogen) atoms. The molecule has 0 unspecified atom stereocenters. The molecule has 0 heterocycles. The molecule has 0 fully saturated rings. The van der Waals surface area contributed by atoms with Crippen molar-refractivity contribution in [3.63, 3.8) is 0 Å². The molecule has 0 saturated carbocycles. The monoisotopic (exact) mass is 625 g/mol. The van der Waals surface area contributed by atoms with Gasteiger partial charge < -0.3 is 36.0 Å². The minimum atomic E-state index is -0.786. The maximum Gasteiger partial charge on any atom is 0.251 e. The van der Waals surface area contributed by atoms with Crippen molar-refractivity contribution in [3.8, 4) is 11.5 Å². The highest BCUT2D eigenvalue weighted by Gasteiger charge is 2.13. The number of aliphatic hydroxyl groups is 2. The standard InChI is InChI=1S/C37H43N3O6/c1-3-46-35-10-5-4-9-31(35)22-40-37(45)29-13-11-26(12-14-29)21-39-36(44)19-28-8-6-7-27(18-28)17-25(2)38-23-34(43)30-15-16-33(42)32(20-30)24-41/h4-16,18,20,25,34,38,41-43H,3,17,19,21-24H2,1-2H3,(H,39,44)(H,40,45)/t25-,34+/m1/s1. The third-order valence-corrected chi connectivity index (χ3v) is 7.63. The lowest BCUT2D eigenvalue weighted by Gasteiger charge is -2.18. The largest absolute Gasteiger partial charge is 0.508 e. The summed E-state index contributed by atoms with van der Waals surface area (Å²) < 4.78 is 5.63. The summed E-state index contributed by atoms with van der Waals surface area (Å²) >= 11 is 0. The van der Waals surface area contributed by atoms with Gasteiger partial charge in [0.05, 0.1) is 25.7 Å². The summed E-state index contributed by atoms with van der Waals surface area (Å²) in [6, 6.07) is 27.5. The fourth-order valence-corrected chi connectivity index (χ4v) is 5.11. The van der Waals surface area contributed by atoms with E-state index in [4.69, 9.17) is 4.74 Å². The highest BCUT2D eigenvalue weighted by atomic mass is 16.5. The SMILES string of the molecule is CCOc1ccccc1CNC(=O)c1ccc(CNC(=O)Cc2cccc(C[C@@H](C)NC[C@H](O)c3ccc(O)c(CO)c3)c2)cc1. The quantitative estimate of drug-likeness (QED) is 0.109. The Morgan fingerprint density at radius 2 is 1.59 bits per heavy atom. The van der Waals surface area contributed by atoms with Crippen LogP contribution in [0, 0.1) is 0 Å². The minimum Gasteiger partial charge on any atom is -0.508 e. The average molecular weight is 626 g/mol. The Bertz CT molecular complexity index is 1590. The molecule has 0 aromatic heterocycles. The van der Waals surface area contributed by atoms with E-state index < -0.39 is 6.10 Å². The van der Waals surface area contributed by atoms with Crippen molar-refractivity contribution < 1.29 is 29.6 Å². The molecule has 0 aliphatic rings. The third-order valence-electron chi connectivity index (χ3n) is 7.63. The molecular weight excluding hydrogens is 582 g/mol. The van der Waals surface area contributed by atoms with E-state index in [9.17, 15) is 24.9 Å². The lowest BCUT2D eigenvalue weighted by molar-refractivity contribution is -0.120. The fourth-order valence-electron chi connectivity index (χ4n) is 5.11. The van der Waals surface area contributed by atoms with E-state index in [-0.39, 0.29) is 36.6 Å². The first-order chi connectivity index (χ1) is 22.2. The molecule has 2 amide bonds. The first-order valence-electron chi connectivity index (χ1n) is 15.5. The van der Waals surface area contributed by atoms with E-state index in [1.165, 1.54) is 6.07 Å². The number of benzene rings is 4. The van der Waals surface area contributed by atoms with Crippen LogP contribution in [0.5, 0.6) is 11.5 Å². The van der Waals surface area contributed by atoms with Gasteiger partial charge in [-0.1, -0.05) is 60.7 Å². The zero-order valence-corrected chi connectivity index (χ0v) is 26.3. The van der Waals surface area contributed by atoms with Crippen molar-refractivity contribution in [2.45, 2.75) is 58.5 Å². The molecule has 9 nitrogen and oxygen atoms in total. The average Bonchev–Trinajstić information content (AvgIpc) is 3.06.